The Balaban J connectivity index is 3.29. The van der Waals surface area contributed by atoms with Crippen LogP contribution in [0.5, 0.6) is 0 Å². The molecule has 8 heteroatoms. The molecule has 0 bridgehead atoms. The molecule has 1 unspecified atom stereocenters. The topological polar surface area (TPSA) is 92.4 Å². The summed E-state index contributed by atoms with van der Waals surface area (Å²) >= 11 is 6.33. The number of Topliss-reactive ketones (excluding diaryl/α,β-unsaturated/α-hetero) is 1. The van der Waals surface area contributed by atoms with Gasteiger partial charge in [0, 0.05) is 13.6 Å². The fraction of sp³-hybridized carbons (Fsp3) is 0.333. The van der Waals surface area contributed by atoms with Gasteiger partial charge in [-0.2, -0.15) is 0 Å². The van der Waals surface area contributed by atoms with E-state index in [1.807, 2.05) is 6.07 Å². The highest BCUT2D eigenvalue weighted by molar-refractivity contribution is 14.1. The third-order valence-corrected chi connectivity index (χ3v) is 5.54. The maximum Gasteiger partial charge on any atom is 0.329 e. The van der Waals surface area contributed by atoms with Gasteiger partial charge in [0.2, 0.25) is 0 Å². The molecule has 0 saturated heterocycles. The SMILES string of the molecule is CC(=O)CC(C)(Nc1c(I)cc(I)c(N)c1I)C(=O)O. The van der Waals surface area contributed by atoms with Gasteiger partial charge >= 0.3 is 5.97 Å². The molecule has 0 heterocycles. The number of hydrogen-bond acceptors (Lipinski definition) is 4. The molecule has 20 heavy (non-hydrogen) atoms. The Hall–Kier alpha value is 0.150. The Kier molecular flexibility index (Phi) is 6.32. The average Bonchev–Trinajstić information content (AvgIpc) is 2.31. The Bertz CT molecular complexity index is 578. The molecule has 0 aliphatic carbocycles. The minimum absolute atomic E-state index is 0.0968. The van der Waals surface area contributed by atoms with Crippen LogP contribution >= 0.6 is 67.8 Å². The first-order valence-corrected chi connectivity index (χ1v) is 8.76. The molecule has 0 spiro atoms. The molecule has 1 aromatic rings. The lowest BCUT2D eigenvalue weighted by atomic mass is 9.95. The van der Waals surface area contributed by atoms with Gasteiger partial charge in [-0.1, -0.05) is 0 Å². The number of nitrogens with one attached hydrogen (secondary N) is 1. The fourth-order valence-corrected chi connectivity index (χ4v) is 5.31. The Labute approximate surface area is 157 Å². The molecule has 5 nitrogen and oxygen atoms in total. The van der Waals surface area contributed by atoms with E-state index in [0.717, 1.165) is 10.7 Å². The van der Waals surface area contributed by atoms with Gasteiger partial charge < -0.3 is 16.2 Å². The van der Waals surface area contributed by atoms with E-state index in [2.05, 4.69) is 73.1 Å². The average molecular weight is 614 g/mol. The summed E-state index contributed by atoms with van der Waals surface area (Å²) in [5.41, 5.74) is 5.87. The quantitative estimate of drug-likeness (QED) is 0.350. The summed E-state index contributed by atoms with van der Waals surface area (Å²) in [5.74, 6) is -1.26. The molecule has 1 rings (SSSR count). The van der Waals surface area contributed by atoms with Crippen molar-refractivity contribution in [3.05, 3.63) is 16.8 Å². The van der Waals surface area contributed by atoms with E-state index in [4.69, 9.17) is 5.73 Å². The molecule has 110 valence electrons. The second-order valence-electron chi connectivity index (χ2n) is 4.58. The number of nitrogen functional groups attached to an aromatic ring is 1. The summed E-state index contributed by atoms with van der Waals surface area (Å²) < 4.78 is 2.53. The van der Waals surface area contributed by atoms with Crippen LogP contribution in [-0.2, 0) is 9.59 Å². The lowest BCUT2D eigenvalue weighted by Crippen LogP contribution is -2.45. The van der Waals surface area contributed by atoms with Crippen molar-refractivity contribution in [1.29, 1.82) is 0 Å². The number of halogens is 3. The Morgan fingerprint density at radius 1 is 1.35 bits per heavy atom. The second-order valence-corrected chi connectivity index (χ2v) is 7.99. The van der Waals surface area contributed by atoms with Crippen molar-refractivity contribution < 1.29 is 14.7 Å². The van der Waals surface area contributed by atoms with Crippen molar-refractivity contribution in [2.24, 2.45) is 0 Å². The van der Waals surface area contributed by atoms with Crippen molar-refractivity contribution in [1.82, 2.24) is 0 Å². The monoisotopic (exact) mass is 614 g/mol. The van der Waals surface area contributed by atoms with Crippen LogP contribution in [0.25, 0.3) is 0 Å². The number of aliphatic carboxylic acids is 1. The first kappa shape index (κ1) is 18.2. The number of carboxylic acids is 1. The zero-order valence-corrected chi connectivity index (χ0v) is 17.2. The van der Waals surface area contributed by atoms with E-state index in [1.165, 1.54) is 13.8 Å². The van der Waals surface area contributed by atoms with Crippen LogP contribution in [0, 0.1) is 10.7 Å². The summed E-state index contributed by atoms with van der Waals surface area (Å²) in [6, 6.07) is 1.87. The predicted octanol–water partition coefficient (Wildman–Crippen LogP) is 3.32. The van der Waals surface area contributed by atoms with Crippen LogP contribution in [0.1, 0.15) is 20.3 Å². The van der Waals surface area contributed by atoms with Gasteiger partial charge in [-0.25, -0.2) is 4.79 Å². The fourth-order valence-electron chi connectivity index (χ4n) is 1.67. The molecule has 4 N–H and O–H groups in total. The van der Waals surface area contributed by atoms with Crippen LogP contribution < -0.4 is 11.1 Å². The third-order valence-electron chi connectivity index (χ3n) is 2.68. The zero-order valence-electron chi connectivity index (χ0n) is 10.8. The molecular formula is C12H13I3N2O3. The van der Waals surface area contributed by atoms with E-state index >= 15 is 0 Å². The summed E-state index contributed by atoms with van der Waals surface area (Å²) in [4.78, 5) is 22.8. The minimum atomic E-state index is -1.36. The van der Waals surface area contributed by atoms with E-state index in [9.17, 15) is 14.7 Å². The first-order chi connectivity index (χ1) is 9.08. The summed E-state index contributed by atoms with van der Waals surface area (Å²) in [7, 11) is 0. The highest BCUT2D eigenvalue weighted by atomic mass is 127. The van der Waals surface area contributed by atoms with Crippen molar-refractivity contribution in [2.75, 3.05) is 11.1 Å². The van der Waals surface area contributed by atoms with Crippen molar-refractivity contribution >= 4 is 90.9 Å². The van der Waals surface area contributed by atoms with Crippen LogP contribution in [0.2, 0.25) is 0 Å². The molecule has 0 saturated carbocycles. The normalized spacial score (nSPS) is 13.7. The maximum atomic E-state index is 11.5. The van der Waals surface area contributed by atoms with Gasteiger partial charge in [0.25, 0.3) is 0 Å². The van der Waals surface area contributed by atoms with Gasteiger partial charge in [-0.05, 0) is 87.7 Å². The minimum Gasteiger partial charge on any atom is -0.480 e. The van der Waals surface area contributed by atoms with Crippen molar-refractivity contribution in [2.45, 2.75) is 25.8 Å². The summed E-state index contributed by atoms with van der Waals surface area (Å²) in [6.07, 6.45) is -0.0968. The number of anilines is 2. The lowest BCUT2D eigenvalue weighted by Gasteiger charge is -2.28. The smallest absolute Gasteiger partial charge is 0.329 e. The van der Waals surface area contributed by atoms with Crippen LogP contribution in [0.15, 0.2) is 6.07 Å². The van der Waals surface area contributed by atoms with Crippen molar-refractivity contribution in [3.63, 3.8) is 0 Å². The van der Waals surface area contributed by atoms with Gasteiger partial charge in [0.15, 0.2) is 0 Å². The molecule has 1 aromatic carbocycles. The largest absolute Gasteiger partial charge is 0.480 e. The Morgan fingerprint density at radius 2 is 1.90 bits per heavy atom. The number of rotatable bonds is 5. The predicted molar refractivity (Wildman–Crippen MR) is 104 cm³/mol. The molecule has 0 aliphatic heterocycles. The molecule has 0 aromatic heterocycles. The number of benzene rings is 1. The number of nitrogens with two attached hydrogens (primary N) is 1. The molecule has 0 aliphatic rings. The number of carboxylic acid groups (broad SMARTS) is 1. The number of carbonyl (C=O) groups is 2. The van der Waals surface area contributed by atoms with Gasteiger partial charge in [-0.3, -0.25) is 4.79 Å². The summed E-state index contributed by atoms with van der Waals surface area (Å²) in [6.45, 7) is 2.87. The molecule has 1 atom stereocenters. The van der Waals surface area contributed by atoms with Crippen molar-refractivity contribution in [3.8, 4) is 0 Å². The molecule has 0 radical (unpaired) electrons. The molecule has 0 amide bonds. The Morgan fingerprint density at radius 3 is 2.35 bits per heavy atom. The zero-order chi connectivity index (χ0) is 15.7. The lowest BCUT2D eigenvalue weighted by molar-refractivity contribution is -0.143. The van der Waals surface area contributed by atoms with E-state index < -0.39 is 11.5 Å². The highest BCUT2D eigenvalue weighted by Gasteiger charge is 2.35. The number of ketones is 1. The summed E-state index contributed by atoms with van der Waals surface area (Å²) in [5, 5.41) is 12.4. The van der Waals surface area contributed by atoms with Crippen LogP contribution in [0.4, 0.5) is 11.4 Å². The maximum absolute atomic E-state index is 11.5. The van der Waals surface area contributed by atoms with Crippen LogP contribution in [-0.4, -0.2) is 22.4 Å². The van der Waals surface area contributed by atoms with Crippen LogP contribution in [0.3, 0.4) is 0 Å². The van der Waals surface area contributed by atoms with E-state index in [1.54, 1.807) is 0 Å². The third kappa shape index (κ3) is 4.08. The van der Waals surface area contributed by atoms with Gasteiger partial charge in [0.1, 0.15) is 11.3 Å². The van der Waals surface area contributed by atoms with E-state index in [0.29, 0.717) is 11.4 Å². The van der Waals surface area contributed by atoms with Gasteiger partial charge in [0.05, 0.1) is 14.9 Å². The van der Waals surface area contributed by atoms with E-state index in [-0.39, 0.29) is 12.2 Å². The second kappa shape index (κ2) is 6.94. The van der Waals surface area contributed by atoms with Gasteiger partial charge in [-0.15, -0.1) is 0 Å². The number of hydrogen-bond donors (Lipinski definition) is 3. The molecular weight excluding hydrogens is 601 g/mol. The molecule has 0 fully saturated rings. The first-order valence-electron chi connectivity index (χ1n) is 5.52. The number of carbonyl (C=O) groups excluding carboxylic acids is 1. The highest BCUT2D eigenvalue weighted by Crippen LogP contribution is 2.35. The standard InChI is InChI=1S/C12H13I3N2O3/c1-5(18)4-12(2,11(19)20)17-10-7(14)3-6(13)9(16)8(10)15/h3,17H,4,16H2,1-2H3,(H,19,20).